The molecule has 0 radical (unpaired) electrons. The second-order valence-electron chi connectivity index (χ2n) is 5.58. The summed E-state index contributed by atoms with van der Waals surface area (Å²) in [6.45, 7) is 4.46. The zero-order valence-corrected chi connectivity index (χ0v) is 14.6. The Kier molecular flexibility index (Phi) is 6.39. The smallest absolute Gasteiger partial charge is 0.337 e. The first-order valence-corrected chi connectivity index (χ1v) is 7.88. The molecule has 0 unspecified atom stereocenters. The number of urea groups is 1. The van der Waals surface area contributed by atoms with Gasteiger partial charge in [-0.1, -0.05) is 18.2 Å². The van der Waals surface area contributed by atoms with Gasteiger partial charge in [-0.15, -0.1) is 0 Å². The minimum absolute atomic E-state index is 0.0790. The Bertz CT molecular complexity index is 742. The molecule has 0 aromatic heterocycles. The van der Waals surface area contributed by atoms with Crippen LogP contribution >= 0.6 is 0 Å². The molecular weight excluding hydrogens is 320 g/mol. The molecule has 0 atom stereocenters. The van der Waals surface area contributed by atoms with E-state index in [-0.39, 0.29) is 18.7 Å². The van der Waals surface area contributed by atoms with Gasteiger partial charge < -0.3 is 20.1 Å². The number of ether oxygens (including phenoxy) is 2. The Morgan fingerprint density at radius 2 is 1.68 bits per heavy atom. The highest BCUT2D eigenvalue weighted by Crippen LogP contribution is 2.15. The topological polar surface area (TPSA) is 76.7 Å². The quantitative estimate of drug-likeness (QED) is 0.625. The molecule has 2 amide bonds. The lowest BCUT2D eigenvalue weighted by Gasteiger charge is -2.11. The third kappa shape index (κ3) is 5.53. The number of rotatable bonds is 6. The van der Waals surface area contributed by atoms with Gasteiger partial charge in [-0.25, -0.2) is 9.59 Å². The summed E-state index contributed by atoms with van der Waals surface area (Å²) in [7, 11) is 1.34. The minimum Gasteiger partial charge on any atom is -0.473 e. The minimum atomic E-state index is -0.388. The predicted octanol–water partition coefficient (Wildman–Crippen LogP) is 2.93. The fourth-order valence-electron chi connectivity index (χ4n) is 2.11. The van der Waals surface area contributed by atoms with Crippen LogP contribution in [0.25, 0.3) is 0 Å². The van der Waals surface area contributed by atoms with Gasteiger partial charge in [-0.2, -0.15) is 0 Å². The van der Waals surface area contributed by atoms with Crippen molar-refractivity contribution in [1.82, 2.24) is 10.6 Å². The number of benzene rings is 2. The molecule has 132 valence electrons. The van der Waals surface area contributed by atoms with Crippen molar-refractivity contribution in [2.75, 3.05) is 13.8 Å². The second-order valence-corrected chi connectivity index (χ2v) is 5.58. The highest BCUT2D eigenvalue weighted by atomic mass is 16.5. The van der Waals surface area contributed by atoms with Gasteiger partial charge in [0.1, 0.15) is 5.75 Å². The Hall–Kier alpha value is -3.02. The summed E-state index contributed by atoms with van der Waals surface area (Å²) in [5.74, 6) is 0.322. The number of esters is 1. The average Bonchev–Trinajstić information content (AvgIpc) is 2.62. The summed E-state index contributed by atoms with van der Waals surface area (Å²) in [4.78, 5) is 23.1. The average molecular weight is 342 g/mol. The van der Waals surface area contributed by atoms with Crippen molar-refractivity contribution in [3.63, 3.8) is 0 Å². The number of amides is 2. The molecule has 0 aliphatic carbocycles. The van der Waals surface area contributed by atoms with Gasteiger partial charge in [0.15, 0.2) is 6.73 Å². The van der Waals surface area contributed by atoms with Crippen molar-refractivity contribution in [3.05, 3.63) is 64.7 Å². The normalized spacial score (nSPS) is 10.0. The predicted molar refractivity (Wildman–Crippen MR) is 94.6 cm³/mol. The highest BCUT2D eigenvalue weighted by Gasteiger charge is 2.05. The molecular formula is C19H22N2O4. The lowest BCUT2D eigenvalue weighted by atomic mass is 10.1. The standard InChI is InChI=1S/C19H22N2O4/c1-13-4-9-17(10-14(13)2)25-12-21-19(23)20-11-15-5-7-16(8-6-15)18(22)24-3/h4-10H,11-12H2,1-3H3,(H2,20,21,23). The molecule has 0 fully saturated rings. The van der Waals surface area contributed by atoms with E-state index in [1.165, 1.54) is 12.7 Å². The van der Waals surface area contributed by atoms with Crippen LogP contribution in [0, 0.1) is 13.8 Å². The number of carbonyl (C=O) groups excluding carboxylic acids is 2. The molecule has 0 saturated carbocycles. The number of methoxy groups -OCH3 is 1. The zero-order valence-electron chi connectivity index (χ0n) is 14.6. The van der Waals surface area contributed by atoms with Gasteiger partial charge in [0.2, 0.25) is 0 Å². The van der Waals surface area contributed by atoms with E-state index < -0.39 is 0 Å². The van der Waals surface area contributed by atoms with E-state index in [1.54, 1.807) is 24.3 Å². The van der Waals surface area contributed by atoms with Gasteiger partial charge in [0.05, 0.1) is 12.7 Å². The van der Waals surface area contributed by atoms with Crippen LogP contribution in [0.4, 0.5) is 4.79 Å². The monoisotopic (exact) mass is 342 g/mol. The van der Waals surface area contributed by atoms with Crippen LogP contribution in [0.5, 0.6) is 5.75 Å². The Balaban J connectivity index is 1.73. The van der Waals surface area contributed by atoms with Crippen molar-refractivity contribution in [2.24, 2.45) is 0 Å². The number of aryl methyl sites for hydroxylation is 2. The summed E-state index contributed by atoms with van der Waals surface area (Å²) < 4.78 is 10.1. The lowest BCUT2D eigenvalue weighted by Crippen LogP contribution is -2.37. The number of hydrogen-bond donors (Lipinski definition) is 2. The fourth-order valence-corrected chi connectivity index (χ4v) is 2.11. The van der Waals surface area contributed by atoms with Crippen LogP contribution in [0.15, 0.2) is 42.5 Å². The van der Waals surface area contributed by atoms with E-state index in [1.807, 2.05) is 32.0 Å². The van der Waals surface area contributed by atoms with Crippen LogP contribution in [-0.4, -0.2) is 25.8 Å². The molecule has 0 spiro atoms. The molecule has 2 aromatic rings. The summed E-state index contributed by atoms with van der Waals surface area (Å²) in [6.07, 6.45) is 0. The van der Waals surface area contributed by atoms with Gasteiger partial charge in [-0.3, -0.25) is 0 Å². The third-order valence-electron chi connectivity index (χ3n) is 3.78. The molecule has 2 rings (SSSR count). The lowest BCUT2D eigenvalue weighted by molar-refractivity contribution is 0.0600. The Labute approximate surface area is 147 Å². The third-order valence-corrected chi connectivity index (χ3v) is 3.78. The van der Waals surface area contributed by atoms with Crippen LogP contribution in [0.1, 0.15) is 27.0 Å². The summed E-state index contributed by atoms with van der Waals surface area (Å²) >= 11 is 0. The zero-order chi connectivity index (χ0) is 18.2. The molecule has 0 aliphatic rings. The van der Waals surface area contributed by atoms with Gasteiger partial charge in [0, 0.05) is 6.54 Å². The Morgan fingerprint density at radius 3 is 2.32 bits per heavy atom. The summed E-state index contributed by atoms with van der Waals surface area (Å²) in [5, 5.41) is 5.35. The van der Waals surface area contributed by atoms with Crippen molar-refractivity contribution in [1.29, 1.82) is 0 Å². The van der Waals surface area contributed by atoms with Crippen molar-refractivity contribution < 1.29 is 19.1 Å². The number of carbonyl (C=O) groups is 2. The van der Waals surface area contributed by atoms with Crippen molar-refractivity contribution >= 4 is 12.0 Å². The Morgan fingerprint density at radius 1 is 0.960 bits per heavy atom. The van der Waals surface area contributed by atoms with Crippen LogP contribution in [0.3, 0.4) is 0 Å². The van der Waals surface area contributed by atoms with Gasteiger partial charge >= 0.3 is 12.0 Å². The van der Waals surface area contributed by atoms with Crippen molar-refractivity contribution in [3.8, 4) is 5.75 Å². The van der Waals surface area contributed by atoms with Crippen molar-refractivity contribution in [2.45, 2.75) is 20.4 Å². The summed E-state index contributed by atoms with van der Waals surface area (Å²) in [5.41, 5.74) is 3.67. The molecule has 0 saturated heterocycles. The molecule has 25 heavy (non-hydrogen) atoms. The molecule has 0 bridgehead atoms. The van der Waals surface area contributed by atoms with E-state index in [0.717, 1.165) is 11.1 Å². The molecule has 2 N–H and O–H groups in total. The van der Waals surface area contributed by atoms with Gasteiger partial charge in [-0.05, 0) is 54.8 Å². The van der Waals surface area contributed by atoms with E-state index in [0.29, 0.717) is 17.9 Å². The van der Waals surface area contributed by atoms with E-state index in [9.17, 15) is 9.59 Å². The van der Waals surface area contributed by atoms with E-state index >= 15 is 0 Å². The maximum Gasteiger partial charge on any atom is 0.337 e. The second kappa shape index (κ2) is 8.73. The largest absolute Gasteiger partial charge is 0.473 e. The van der Waals surface area contributed by atoms with Crippen LogP contribution < -0.4 is 15.4 Å². The summed E-state index contributed by atoms with van der Waals surface area (Å²) in [6, 6.07) is 12.3. The molecule has 0 aliphatic heterocycles. The highest BCUT2D eigenvalue weighted by molar-refractivity contribution is 5.89. The van der Waals surface area contributed by atoms with E-state index in [4.69, 9.17) is 4.74 Å². The maximum absolute atomic E-state index is 11.8. The van der Waals surface area contributed by atoms with Crippen LogP contribution in [-0.2, 0) is 11.3 Å². The van der Waals surface area contributed by atoms with E-state index in [2.05, 4.69) is 15.4 Å². The first-order chi connectivity index (χ1) is 12.0. The first kappa shape index (κ1) is 18.3. The number of nitrogens with one attached hydrogen (secondary N) is 2. The fraction of sp³-hybridized carbons (Fsp3) is 0.263. The van der Waals surface area contributed by atoms with Crippen LogP contribution in [0.2, 0.25) is 0 Å². The molecule has 0 heterocycles. The SMILES string of the molecule is COC(=O)c1ccc(CNC(=O)NCOc2ccc(C)c(C)c2)cc1. The molecule has 6 nitrogen and oxygen atoms in total. The van der Waals surface area contributed by atoms with Gasteiger partial charge in [0.25, 0.3) is 0 Å². The first-order valence-electron chi connectivity index (χ1n) is 7.88. The molecule has 2 aromatic carbocycles. The molecule has 6 heteroatoms. The number of hydrogen-bond acceptors (Lipinski definition) is 4. The maximum atomic E-state index is 11.8.